The highest BCUT2D eigenvalue weighted by atomic mass is 19.1. The first-order chi connectivity index (χ1) is 16.9. The van der Waals surface area contributed by atoms with E-state index in [-0.39, 0.29) is 18.6 Å². The molecule has 2 aliphatic heterocycles. The molecule has 188 valence electrons. The largest absolute Gasteiger partial charge is 0.393 e. The van der Waals surface area contributed by atoms with Gasteiger partial charge in [-0.2, -0.15) is 0 Å². The molecule has 6 heteroatoms. The second-order valence-electron chi connectivity index (χ2n) is 10.8. The summed E-state index contributed by atoms with van der Waals surface area (Å²) in [6.45, 7) is 8.99. The number of nitrogens with zero attached hydrogens (tertiary/aromatic N) is 2. The zero-order valence-corrected chi connectivity index (χ0v) is 21.2. The van der Waals surface area contributed by atoms with Gasteiger partial charge in [0.05, 0.1) is 18.7 Å². The average molecular weight is 479 g/mol. The third kappa shape index (κ3) is 4.97. The number of aliphatic hydroxyl groups is 1. The summed E-state index contributed by atoms with van der Waals surface area (Å²) < 4.78 is 15.1. The second kappa shape index (κ2) is 9.92. The molecule has 5 rings (SSSR count). The molecule has 3 atom stereocenters. The molecule has 1 fully saturated rings. The Hall–Kier alpha value is -2.41. The van der Waals surface area contributed by atoms with Crippen molar-refractivity contribution in [2.24, 2.45) is 0 Å². The molecule has 1 saturated heterocycles. The van der Waals surface area contributed by atoms with Crippen molar-refractivity contribution in [3.63, 3.8) is 0 Å². The predicted molar refractivity (Wildman–Crippen MR) is 142 cm³/mol. The van der Waals surface area contributed by atoms with Crippen molar-refractivity contribution in [2.75, 3.05) is 38.1 Å². The number of likely N-dealkylation sites (tertiary alicyclic amines) is 1. The van der Waals surface area contributed by atoms with Gasteiger partial charge in [-0.3, -0.25) is 9.80 Å². The Morgan fingerprint density at radius 1 is 1.14 bits per heavy atom. The van der Waals surface area contributed by atoms with Crippen LogP contribution in [-0.2, 0) is 6.42 Å². The summed E-state index contributed by atoms with van der Waals surface area (Å²) in [6.07, 6.45) is 3.36. The van der Waals surface area contributed by atoms with Crippen molar-refractivity contribution in [3.8, 4) is 0 Å². The summed E-state index contributed by atoms with van der Waals surface area (Å²) in [5, 5.41) is 14.6. The number of alkyl halides is 1. The number of para-hydroxylation sites is 1. The lowest BCUT2D eigenvalue weighted by Gasteiger charge is -2.43. The number of fused-ring (bicyclic) bond motifs is 3. The van der Waals surface area contributed by atoms with Crippen LogP contribution in [0, 0.1) is 0 Å². The van der Waals surface area contributed by atoms with Crippen LogP contribution in [0.15, 0.2) is 48.5 Å². The summed E-state index contributed by atoms with van der Waals surface area (Å²) in [5.74, 6) is 0. The standard InChI is InChI=1S/C29H39FN4O/c1-4-5-14-33-16-23(17-33)31-22-12-10-21(11-13-22)28-27-25(24-8-6-7-9-26(24)32-27)15-20(2)34(28)18-29(3,30)19-35/h6-13,20,23,28,31-32,35H,4-5,14-19H2,1-3H3/t20-,28-,29+/m1/s1. The van der Waals surface area contributed by atoms with Crippen LogP contribution in [0.2, 0.25) is 0 Å². The average Bonchev–Trinajstić information content (AvgIpc) is 3.19. The Morgan fingerprint density at radius 3 is 2.60 bits per heavy atom. The number of nitrogens with one attached hydrogen (secondary N) is 2. The minimum absolute atomic E-state index is 0.0925. The van der Waals surface area contributed by atoms with Gasteiger partial charge in [0.15, 0.2) is 0 Å². The summed E-state index contributed by atoms with van der Waals surface area (Å²) in [7, 11) is 0. The molecule has 3 heterocycles. The molecule has 0 amide bonds. The highest BCUT2D eigenvalue weighted by molar-refractivity contribution is 5.85. The highest BCUT2D eigenvalue weighted by Crippen LogP contribution is 2.41. The van der Waals surface area contributed by atoms with Crippen LogP contribution in [0.1, 0.15) is 56.5 Å². The van der Waals surface area contributed by atoms with Gasteiger partial charge in [-0.1, -0.05) is 43.7 Å². The first-order valence-electron chi connectivity index (χ1n) is 13.1. The van der Waals surface area contributed by atoms with Gasteiger partial charge in [-0.25, -0.2) is 4.39 Å². The lowest BCUT2D eigenvalue weighted by Crippen LogP contribution is -2.54. The SMILES string of the molecule is CCCCN1CC(Nc2ccc([C@@H]3c4[nH]c5ccccc5c4C[C@@H](C)N3C[C@](C)(F)CO)cc2)C1. The van der Waals surface area contributed by atoms with Crippen molar-refractivity contribution in [3.05, 3.63) is 65.4 Å². The van der Waals surface area contributed by atoms with Crippen LogP contribution in [0.5, 0.6) is 0 Å². The van der Waals surface area contributed by atoms with Gasteiger partial charge in [0.25, 0.3) is 0 Å². The van der Waals surface area contributed by atoms with Crippen LogP contribution in [0.3, 0.4) is 0 Å². The summed E-state index contributed by atoms with van der Waals surface area (Å²) in [4.78, 5) is 8.38. The third-order valence-electron chi connectivity index (χ3n) is 7.74. The summed E-state index contributed by atoms with van der Waals surface area (Å²) >= 11 is 0. The number of halogens is 1. The normalized spacial score (nSPS) is 23.1. The van der Waals surface area contributed by atoms with Crippen molar-refractivity contribution < 1.29 is 9.50 Å². The van der Waals surface area contributed by atoms with Crippen molar-refractivity contribution in [2.45, 2.75) is 63.8 Å². The van der Waals surface area contributed by atoms with Crippen LogP contribution >= 0.6 is 0 Å². The van der Waals surface area contributed by atoms with Crippen molar-refractivity contribution >= 4 is 16.6 Å². The minimum Gasteiger partial charge on any atom is -0.393 e. The van der Waals surface area contributed by atoms with E-state index in [9.17, 15) is 5.11 Å². The van der Waals surface area contributed by atoms with E-state index >= 15 is 4.39 Å². The van der Waals surface area contributed by atoms with Crippen LogP contribution in [0.4, 0.5) is 10.1 Å². The molecule has 0 saturated carbocycles. The van der Waals surface area contributed by atoms with Crippen molar-refractivity contribution in [1.82, 2.24) is 14.8 Å². The molecule has 2 aromatic carbocycles. The molecule has 0 aliphatic carbocycles. The van der Waals surface area contributed by atoms with Gasteiger partial charge in [0.2, 0.25) is 0 Å². The Balaban J connectivity index is 1.41. The van der Waals surface area contributed by atoms with Crippen LogP contribution in [0.25, 0.3) is 10.9 Å². The molecule has 35 heavy (non-hydrogen) atoms. The lowest BCUT2D eigenvalue weighted by atomic mass is 9.87. The number of aromatic nitrogens is 1. The maximum absolute atomic E-state index is 15.1. The summed E-state index contributed by atoms with van der Waals surface area (Å²) in [5.41, 5.74) is 4.20. The molecular formula is C29H39FN4O. The van der Waals surface area contributed by atoms with E-state index in [1.54, 1.807) is 0 Å². The molecule has 1 aromatic heterocycles. The van der Waals surface area contributed by atoms with E-state index in [2.05, 4.69) is 82.5 Å². The molecule has 0 spiro atoms. The zero-order valence-electron chi connectivity index (χ0n) is 21.2. The number of rotatable bonds is 9. The number of aliphatic hydroxyl groups excluding tert-OH is 1. The zero-order chi connectivity index (χ0) is 24.6. The third-order valence-corrected chi connectivity index (χ3v) is 7.74. The fourth-order valence-corrected chi connectivity index (χ4v) is 5.77. The molecule has 2 aliphatic rings. The fourth-order valence-electron chi connectivity index (χ4n) is 5.77. The number of H-pyrrole nitrogens is 1. The Morgan fingerprint density at radius 2 is 1.89 bits per heavy atom. The first-order valence-corrected chi connectivity index (χ1v) is 13.1. The van der Waals surface area contributed by atoms with E-state index in [1.165, 1.54) is 37.3 Å². The Kier molecular flexibility index (Phi) is 6.88. The number of benzene rings is 2. The summed E-state index contributed by atoms with van der Waals surface area (Å²) in [6, 6.07) is 17.6. The van der Waals surface area contributed by atoms with Gasteiger partial charge < -0.3 is 15.4 Å². The first kappa shape index (κ1) is 24.3. The quantitative estimate of drug-likeness (QED) is 0.400. The molecule has 0 unspecified atom stereocenters. The molecule has 3 aromatic rings. The smallest absolute Gasteiger partial charge is 0.143 e. The van der Waals surface area contributed by atoms with E-state index in [4.69, 9.17) is 0 Å². The fraction of sp³-hybridized carbons (Fsp3) is 0.517. The lowest BCUT2D eigenvalue weighted by molar-refractivity contribution is 0.0175. The van der Waals surface area contributed by atoms with Gasteiger partial charge >= 0.3 is 0 Å². The number of hydrogen-bond donors (Lipinski definition) is 3. The monoisotopic (exact) mass is 478 g/mol. The number of aromatic amines is 1. The number of unbranched alkanes of at least 4 members (excludes halogenated alkanes) is 1. The number of hydrogen-bond acceptors (Lipinski definition) is 4. The second-order valence-corrected chi connectivity index (χ2v) is 10.8. The van der Waals surface area contributed by atoms with Gasteiger partial charge in [0, 0.05) is 48.0 Å². The van der Waals surface area contributed by atoms with Gasteiger partial charge in [-0.15, -0.1) is 0 Å². The van der Waals surface area contributed by atoms with E-state index in [0.29, 0.717) is 6.04 Å². The van der Waals surface area contributed by atoms with Crippen molar-refractivity contribution in [1.29, 1.82) is 0 Å². The maximum Gasteiger partial charge on any atom is 0.143 e. The predicted octanol–water partition coefficient (Wildman–Crippen LogP) is 5.12. The van der Waals surface area contributed by atoms with E-state index < -0.39 is 12.3 Å². The minimum atomic E-state index is -1.66. The number of anilines is 1. The molecular weight excluding hydrogens is 439 g/mol. The molecule has 5 nitrogen and oxygen atoms in total. The van der Waals surface area contributed by atoms with Gasteiger partial charge in [0.1, 0.15) is 5.67 Å². The van der Waals surface area contributed by atoms with Crippen LogP contribution in [-0.4, -0.2) is 70.4 Å². The topological polar surface area (TPSA) is 54.5 Å². The molecule has 0 bridgehead atoms. The van der Waals surface area contributed by atoms with E-state index in [0.717, 1.165) is 42.0 Å². The Bertz CT molecular complexity index is 1140. The van der Waals surface area contributed by atoms with E-state index in [1.807, 2.05) is 0 Å². The molecule has 3 N–H and O–H groups in total. The van der Waals surface area contributed by atoms with Crippen LogP contribution < -0.4 is 5.32 Å². The molecule has 0 radical (unpaired) electrons. The van der Waals surface area contributed by atoms with Gasteiger partial charge in [-0.05, 0) is 62.6 Å². The Labute approximate surface area is 208 Å². The highest BCUT2D eigenvalue weighted by Gasteiger charge is 2.39. The maximum atomic E-state index is 15.1.